The molecule has 0 aliphatic carbocycles. The lowest BCUT2D eigenvalue weighted by atomic mass is 10.1. The van der Waals surface area contributed by atoms with Crippen molar-refractivity contribution >= 4 is 18.0 Å². The largest absolute Gasteiger partial charge is 0.478 e. The fraction of sp³-hybridized carbons (Fsp3) is 0.0500. The van der Waals surface area contributed by atoms with Crippen LogP contribution in [0.25, 0.3) is 17.4 Å². The average Bonchev–Trinajstić information content (AvgIpc) is 3.36. The Bertz CT molecular complexity index is 1040. The zero-order valence-corrected chi connectivity index (χ0v) is 14.0. The van der Waals surface area contributed by atoms with E-state index in [0.717, 1.165) is 0 Å². The van der Waals surface area contributed by atoms with Gasteiger partial charge in [0, 0.05) is 11.6 Å². The standard InChI is InChI=1S/C20H14N2O5/c21-11-15(19(23)22-12-17-5-2-8-26-17)10-16-6-7-18(27-16)13-3-1-4-14(9-13)20(24)25/h1-10H,12H2,(H,22,23)(H,24,25)/b15-10-. The fourth-order valence-corrected chi connectivity index (χ4v) is 2.36. The number of rotatable bonds is 6. The molecule has 134 valence electrons. The molecule has 7 heteroatoms. The predicted molar refractivity (Wildman–Crippen MR) is 95.2 cm³/mol. The summed E-state index contributed by atoms with van der Waals surface area (Å²) < 4.78 is 10.7. The smallest absolute Gasteiger partial charge is 0.335 e. The number of hydrogen-bond donors (Lipinski definition) is 2. The molecule has 1 amide bonds. The number of carboxylic acid groups (broad SMARTS) is 1. The van der Waals surface area contributed by atoms with Crippen molar-refractivity contribution in [2.75, 3.05) is 0 Å². The summed E-state index contributed by atoms with van der Waals surface area (Å²) in [6, 6.07) is 14.8. The molecular formula is C20H14N2O5. The van der Waals surface area contributed by atoms with Crippen LogP contribution in [0.4, 0.5) is 0 Å². The molecule has 3 rings (SSSR count). The number of nitrogens with zero attached hydrogens (tertiary/aromatic N) is 1. The van der Waals surface area contributed by atoms with Crippen molar-refractivity contribution < 1.29 is 23.5 Å². The van der Waals surface area contributed by atoms with E-state index in [2.05, 4.69) is 5.32 Å². The maximum atomic E-state index is 12.1. The molecule has 2 heterocycles. The van der Waals surface area contributed by atoms with Gasteiger partial charge in [-0.1, -0.05) is 12.1 Å². The summed E-state index contributed by atoms with van der Waals surface area (Å²) in [4.78, 5) is 23.2. The van der Waals surface area contributed by atoms with E-state index < -0.39 is 11.9 Å². The number of amides is 1. The molecule has 3 aromatic rings. The molecule has 27 heavy (non-hydrogen) atoms. The van der Waals surface area contributed by atoms with E-state index in [4.69, 9.17) is 13.9 Å². The molecule has 1 aromatic carbocycles. The number of carbonyl (C=O) groups excluding carboxylic acids is 1. The normalized spacial score (nSPS) is 11.0. The van der Waals surface area contributed by atoms with E-state index in [0.29, 0.717) is 22.8 Å². The van der Waals surface area contributed by atoms with Gasteiger partial charge in [0.15, 0.2) is 0 Å². The second-order valence-corrected chi connectivity index (χ2v) is 5.52. The molecule has 0 atom stereocenters. The molecule has 7 nitrogen and oxygen atoms in total. The second-order valence-electron chi connectivity index (χ2n) is 5.52. The van der Waals surface area contributed by atoms with Crippen LogP contribution in [0.3, 0.4) is 0 Å². The Balaban J connectivity index is 1.76. The molecule has 0 aliphatic heterocycles. The van der Waals surface area contributed by atoms with Crippen molar-refractivity contribution in [1.29, 1.82) is 5.26 Å². The molecule has 0 radical (unpaired) electrons. The third kappa shape index (κ3) is 4.32. The van der Waals surface area contributed by atoms with Gasteiger partial charge in [-0.25, -0.2) is 4.79 Å². The second kappa shape index (κ2) is 7.89. The van der Waals surface area contributed by atoms with E-state index in [-0.39, 0.29) is 17.7 Å². The van der Waals surface area contributed by atoms with Crippen LogP contribution in [0.15, 0.2) is 69.2 Å². The van der Waals surface area contributed by atoms with Crippen molar-refractivity contribution in [3.8, 4) is 17.4 Å². The van der Waals surface area contributed by atoms with E-state index >= 15 is 0 Å². The SMILES string of the molecule is N#C/C(=C/c1ccc(-c2cccc(C(=O)O)c2)o1)C(=O)NCc1ccco1. The number of benzene rings is 1. The highest BCUT2D eigenvalue weighted by Gasteiger charge is 2.12. The number of hydrogen-bond acceptors (Lipinski definition) is 5. The number of carbonyl (C=O) groups is 2. The summed E-state index contributed by atoms with van der Waals surface area (Å²) in [5, 5.41) is 20.9. The third-order valence-electron chi connectivity index (χ3n) is 3.68. The summed E-state index contributed by atoms with van der Waals surface area (Å²) in [6.45, 7) is 0.163. The Morgan fingerprint density at radius 1 is 1.19 bits per heavy atom. The lowest BCUT2D eigenvalue weighted by Crippen LogP contribution is -2.23. The van der Waals surface area contributed by atoms with Gasteiger partial charge in [-0.2, -0.15) is 5.26 Å². The quantitative estimate of drug-likeness (QED) is 0.512. The maximum absolute atomic E-state index is 12.1. The minimum Gasteiger partial charge on any atom is -0.478 e. The van der Waals surface area contributed by atoms with Crippen LogP contribution in [0.5, 0.6) is 0 Å². The van der Waals surface area contributed by atoms with Crippen molar-refractivity contribution in [3.05, 3.63) is 77.5 Å². The molecular weight excluding hydrogens is 348 g/mol. The van der Waals surface area contributed by atoms with Gasteiger partial charge in [0.2, 0.25) is 0 Å². The van der Waals surface area contributed by atoms with E-state index in [9.17, 15) is 14.9 Å². The first-order valence-electron chi connectivity index (χ1n) is 7.93. The van der Waals surface area contributed by atoms with Gasteiger partial charge in [0.05, 0.1) is 18.4 Å². The maximum Gasteiger partial charge on any atom is 0.335 e. The minimum atomic E-state index is -1.04. The molecule has 0 aliphatic rings. The van der Waals surface area contributed by atoms with E-state index in [1.807, 2.05) is 6.07 Å². The Morgan fingerprint density at radius 2 is 2.04 bits per heavy atom. The number of furan rings is 2. The van der Waals surface area contributed by atoms with Gasteiger partial charge in [0.25, 0.3) is 5.91 Å². The van der Waals surface area contributed by atoms with Crippen LogP contribution in [0, 0.1) is 11.3 Å². The first-order chi connectivity index (χ1) is 13.1. The predicted octanol–water partition coefficient (Wildman–Crippen LogP) is 3.46. The van der Waals surface area contributed by atoms with E-state index in [1.165, 1.54) is 24.5 Å². The summed E-state index contributed by atoms with van der Waals surface area (Å²) in [5.41, 5.74) is 0.591. The summed E-state index contributed by atoms with van der Waals surface area (Å²) in [6.07, 6.45) is 2.81. The molecule has 2 N–H and O–H groups in total. The first-order valence-corrected chi connectivity index (χ1v) is 7.93. The molecule has 0 saturated carbocycles. The van der Waals surface area contributed by atoms with Crippen LogP contribution < -0.4 is 5.32 Å². The third-order valence-corrected chi connectivity index (χ3v) is 3.68. The lowest BCUT2D eigenvalue weighted by molar-refractivity contribution is -0.117. The molecule has 2 aromatic heterocycles. The number of nitrogens with one attached hydrogen (secondary N) is 1. The zero-order valence-electron chi connectivity index (χ0n) is 14.0. The van der Waals surface area contributed by atoms with Gasteiger partial charge >= 0.3 is 5.97 Å². The van der Waals surface area contributed by atoms with Crippen molar-refractivity contribution in [3.63, 3.8) is 0 Å². The fourth-order valence-electron chi connectivity index (χ4n) is 2.36. The minimum absolute atomic E-state index is 0.123. The van der Waals surface area contributed by atoms with Crippen molar-refractivity contribution in [2.24, 2.45) is 0 Å². The van der Waals surface area contributed by atoms with Crippen LogP contribution in [-0.4, -0.2) is 17.0 Å². The molecule has 0 bridgehead atoms. The summed E-state index contributed by atoms with van der Waals surface area (Å²) in [7, 11) is 0. The first kappa shape index (κ1) is 17.8. The van der Waals surface area contributed by atoms with Crippen molar-refractivity contribution in [2.45, 2.75) is 6.54 Å². The van der Waals surface area contributed by atoms with Gasteiger partial charge in [0.1, 0.15) is 28.9 Å². The van der Waals surface area contributed by atoms with Gasteiger partial charge in [-0.15, -0.1) is 0 Å². The Morgan fingerprint density at radius 3 is 2.74 bits per heavy atom. The van der Waals surface area contributed by atoms with Crippen LogP contribution >= 0.6 is 0 Å². The monoisotopic (exact) mass is 362 g/mol. The Labute approximate surface area is 154 Å². The van der Waals surface area contributed by atoms with Crippen LogP contribution in [-0.2, 0) is 11.3 Å². The van der Waals surface area contributed by atoms with Crippen molar-refractivity contribution in [1.82, 2.24) is 5.32 Å². The molecule has 0 unspecified atom stereocenters. The van der Waals surface area contributed by atoms with Crippen LogP contribution in [0.2, 0.25) is 0 Å². The average molecular weight is 362 g/mol. The van der Waals surface area contributed by atoms with E-state index in [1.54, 1.807) is 36.4 Å². The van der Waals surface area contributed by atoms with Crippen LogP contribution in [0.1, 0.15) is 21.9 Å². The molecule has 0 spiro atoms. The zero-order chi connectivity index (χ0) is 19.2. The molecule has 0 saturated heterocycles. The highest BCUT2D eigenvalue weighted by molar-refractivity contribution is 6.01. The lowest BCUT2D eigenvalue weighted by Gasteiger charge is -2.01. The Kier molecular flexibility index (Phi) is 5.19. The summed E-state index contributed by atoms with van der Waals surface area (Å²) >= 11 is 0. The highest BCUT2D eigenvalue weighted by Crippen LogP contribution is 2.24. The summed E-state index contributed by atoms with van der Waals surface area (Å²) in [5.74, 6) is -0.296. The number of carboxylic acids is 1. The topological polar surface area (TPSA) is 116 Å². The highest BCUT2D eigenvalue weighted by atomic mass is 16.4. The Hall–Kier alpha value is -4.05. The number of aromatic carboxylic acids is 1. The van der Waals surface area contributed by atoms with Gasteiger partial charge in [-0.3, -0.25) is 4.79 Å². The molecule has 0 fully saturated rings. The van der Waals surface area contributed by atoms with Gasteiger partial charge in [-0.05, 0) is 36.4 Å². The number of nitriles is 1. The van der Waals surface area contributed by atoms with Gasteiger partial charge < -0.3 is 19.3 Å².